The molecule has 1 amide bonds. The molecule has 3 heterocycles. The van der Waals surface area contributed by atoms with E-state index in [1.807, 2.05) is 0 Å². The second-order valence-electron chi connectivity index (χ2n) is 9.24. The van der Waals surface area contributed by atoms with Crippen LogP contribution in [-0.2, 0) is 4.79 Å². The lowest BCUT2D eigenvalue weighted by atomic mass is 9.97. The maximum absolute atomic E-state index is 12.8. The number of piperidine rings is 2. The van der Waals surface area contributed by atoms with Crippen LogP contribution < -0.4 is 10.2 Å². The van der Waals surface area contributed by atoms with Crippen molar-refractivity contribution in [1.82, 2.24) is 15.2 Å². The molecule has 2 fully saturated rings. The Bertz CT molecular complexity index is 879. The van der Waals surface area contributed by atoms with E-state index in [9.17, 15) is 4.79 Å². The van der Waals surface area contributed by atoms with Crippen LogP contribution in [0.1, 0.15) is 56.6 Å². The Labute approximate surface area is 184 Å². The molecule has 0 aliphatic carbocycles. The Kier molecular flexibility index (Phi) is 6.94. The number of thiazole rings is 1. The molecule has 1 aromatic heterocycles. The van der Waals surface area contributed by atoms with Gasteiger partial charge in [-0.1, -0.05) is 23.8 Å². The molecule has 1 N–H and O–H groups in total. The van der Waals surface area contributed by atoms with Crippen LogP contribution in [0.15, 0.2) is 12.1 Å². The number of amides is 1. The number of nitrogens with one attached hydrogen (secondary N) is 1. The lowest BCUT2D eigenvalue weighted by molar-refractivity contribution is -0.125. The third-order valence-electron chi connectivity index (χ3n) is 6.74. The lowest BCUT2D eigenvalue weighted by Crippen LogP contribution is -2.44. The van der Waals surface area contributed by atoms with Gasteiger partial charge in [-0.3, -0.25) is 4.79 Å². The highest BCUT2D eigenvalue weighted by atomic mass is 32.1. The number of nitrogens with zero attached hydrogens (tertiary/aromatic N) is 3. The molecular formula is C24H36N4OS. The van der Waals surface area contributed by atoms with E-state index in [0.29, 0.717) is 6.04 Å². The fraction of sp³-hybridized carbons (Fsp3) is 0.667. The Morgan fingerprint density at radius 2 is 2.07 bits per heavy atom. The van der Waals surface area contributed by atoms with Gasteiger partial charge in [-0.2, -0.15) is 0 Å². The monoisotopic (exact) mass is 428 g/mol. The summed E-state index contributed by atoms with van der Waals surface area (Å²) in [6, 6.07) is 5.12. The molecule has 0 bridgehead atoms. The summed E-state index contributed by atoms with van der Waals surface area (Å²) in [5.41, 5.74) is 3.63. The van der Waals surface area contributed by atoms with Crippen molar-refractivity contribution in [2.24, 2.45) is 5.92 Å². The molecule has 6 heteroatoms. The zero-order valence-electron chi connectivity index (χ0n) is 18.7. The van der Waals surface area contributed by atoms with Crippen molar-refractivity contribution in [3.63, 3.8) is 0 Å². The number of hydrogen-bond donors (Lipinski definition) is 1. The average molecular weight is 429 g/mol. The molecule has 2 atom stereocenters. The first kappa shape index (κ1) is 21.6. The van der Waals surface area contributed by atoms with Gasteiger partial charge < -0.3 is 15.1 Å². The molecule has 0 saturated carbocycles. The van der Waals surface area contributed by atoms with Gasteiger partial charge in [0.25, 0.3) is 0 Å². The number of likely N-dealkylation sites (tertiary alicyclic amines) is 1. The molecule has 2 saturated heterocycles. The summed E-state index contributed by atoms with van der Waals surface area (Å²) in [4.78, 5) is 22.6. The largest absolute Gasteiger partial charge is 0.356 e. The normalized spacial score (nSPS) is 23.1. The van der Waals surface area contributed by atoms with Gasteiger partial charge in [-0.15, -0.1) is 0 Å². The van der Waals surface area contributed by atoms with Crippen molar-refractivity contribution in [2.75, 3.05) is 37.6 Å². The summed E-state index contributed by atoms with van der Waals surface area (Å²) < 4.78 is 1.25. The van der Waals surface area contributed by atoms with Crippen molar-refractivity contribution in [3.05, 3.63) is 23.3 Å². The first-order valence-electron chi connectivity index (χ1n) is 11.7. The van der Waals surface area contributed by atoms with E-state index < -0.39 is 0 Å². The lowest BCUT2D eigenvalue weighted by Gasteiger charge is -2.33. The first-order chi connectivity index (χ1) is 14.5. The highest BCUT2D eigenvalue weighted by molar-refractivity contribution is 7.22. The topological polar surface area (TPSA) is 48.5 Å². The summed E-state index contributed by atoms with van der Waals surface area (Å²) in [7, 11) is 0. The fourth-order valence-corrected chi connectivity index (χ4v) is 6.16. The van der Waals surface area contributed by atoms with Crippen molar-refractivity contribution in [1.29, 1.82) is 0 Å². The van der Waals surface area contributed by atoms with Gasteiger partial charge in [0.05, 0.1) is 16.1 Å². The van der Waals surface area contributed by atoms with Crippen molar-refractivity contribution in [2.45, 2.75) is 65.3 Å². The fourth-order valence-electron chi connectivity index (χ4n) is 4.99. The number of benzene rings is 1. The summed E-state index contributed by atoms with van der Waals surface area (Å²) in [6.07, 6.45) is 7.07. The van der Waals surface area contributed by atoms with Crippen molar-refractivity contribution >= 4 is 32.6 Å². The molecule has 30 heavy (non-hydrogen) atoms. The molecule has 5 nitrogen and oxygen atoms in total. The predicted octanol–water partition coefficient (Wildman–Crippen LogP) is 4.51. The molecule has 0 unspecified atom stereocenters. The van der Waals surface area contributed by atoms with Gasteiger partial charge in [-0.05, 0) is 76.6 Å². The molecule has 0 radical (unpaired) electrons. The molecule has 2 aromatic rings. The number of aryl methyl sites for hydroxylation is 2. The number of fused-ring (bicyclic) bond motifs is 1. The van der Waals surface area contributed by atoms with Gasteiger partial charge in [0.2, 0.25) is 5.91 Å². The molecule has 2 aliphatic heterocycles. The van der Waals surface area contributed by atoms with Crippen LogP contribution >= 0.6 is 11.3 Å². The zero-order chi connectivity index (χ0) is 21.1. The van der Waals surface area contributed by atoms with Crippen molar-refractivity contribution in [3.8, 4) is 0 Å². The highest BCUT2D eigenvalue weighted by Crippen LogP contribution is 2.33. The van der Waals surface area contributed by atoms with Crippen molar-refractivity contribution < 1.29 is 4.79 Å². The van der Waals surface area contributed by atoms with Gasteiger partial charge in [0, 0.05) is 32.2 Å². The van der Waals surface area contributed by atoms with Gasteiger partial charge >= 0.3 is 0 Å². The Balaban J connectivity index is 1.29. The summed E-state index contributed by atoms with van der Waals surface area (Å²) in [5.74, 6) is 0.294. The summed E-state index contributed by atoms with van der Waals surface area (Å²) in [5, 5.41) is 4.28. The molecule has 0 spiro atoms. The van der Waals surface area contributed by atoms with Crippen LogP contribution in [0.2, 0.25) is 0 Å². The molecule has 1 aromatic carbocycles. The minimum Gasteiger partial charge on any atom is -0.356 e. The number of carbonyl (C=O) groups excluding carboxylic acids is 1. The predicted molar refractivity (Wildman–Crippen MR) is 127 cm³/mol. The summed E-state index contributed by atoms with van der Waals surface area (Å²) in [6.45, 7) is 11.5. The van der Waals surface area contributed by atoms with Crippen LogP contribution in [0.3, 0.4) is 0 Å². The van der Waals surface area contributed by atoms with E-state index >= 15 is 0 Å². The quantitative estimate of drug-likeness (QED) is 0.688. The number of aromatic nitrogens is 1. The number of carbonyl (C=O) groups is 1. The molecule has 4 rings (SSSR count). The van der Waals surface area contributed by atoms with Gasteiger partial charge in [0.15, 0.2) is 5.13 Å². The molecule has 164 valence electrons. The second-order valence-corrected chi connectivity index (χ2v) is 10.2. The maximum atomic E-state index is 12.8. The van der Waals surface area contributed by atoms with Crippen LogP contribution in [0.4, 0.5) is 5.13 Å². The minimum absolute atomic E-state index is 0.0718. The number of hydrogen-bond acceptors (Lipinski definition) is 5. The Hall–Kier alpha value is -1.66. The van der Waals surface area contributed by atoms with Gasteiger partial charge in [-0.25, -0.2) is 4.98 Å². The second kappa shape index (κ2) is 9.65. The van der Waals surface area contributed by atoms with E-state index in [1.165, 1.54) is 41.6 Å². The smallest absolute Gasteiger partial charge is 0.224 e. The van der Waals surface area contributed by atoms with E-state index in [4.69, 9.17) is 4.98 Å². The van der Waals surface area contributed by atoms with E-state index in [0.717, 1.165) is 56.1 Å². The average Bonchev–Trinajstić information content (AvgIpc) is 3.17. The first-order valence-corrected chi connectivity index (χ1v) is 12.5. The van der Waals surface area contributed by atoms with Crippen LogP contribution in [-0.4, -0.2) is 54.6 Å². The van der Waals surface area contributed by atoms with Gasteiger partial charge in [0.1, 0.15) is 0 Å². The minimum atomic E-state index is 0.0718. The standard InChI is InChI=1S/C24H36N4OS/c1-17-14-18(2)22-21(15-17)30-24(26-22)28-12-6-9-20(16-28)23(29)25-10-7-13-27-11-5-4-8-19(27)3/h14-15,19-20H,4-13,16H2,1-3H3,(H,25,29)/t19-,20-/m0/s1. The van der Waals surface area contributed by atoms with E-state index in [1.54, 1.807) is 11.3 Å². The highest BCUT2D eigenvalue weighted by Gasteiger charge is 2.27. The molecule has 2 aliphatic rings. The Morgan fingerprint density at radius 3 is 2.90 bits per heavy atom. The van der Waals surface area contributed by atoms with E-state index in [-0.39, 0.29) is 11.8 Å². The van der Waals surface area contributed by atoms with Crippen LogP contribution in [0.25, 0.3) is 10.2 Å². The number of anilines is 1. The zero-order valence-corrected chi connectivity index (χ0v) is 19.6. The third-order valence-corrected chi connectivity index (χ3v) is 7.81. The van der Waals surface area contributed by atoms with Crippen LogP contribution in [0, 0.1) is 19.8 Å². The summed E-state index contributed by atoms with van der Waals surface area (Å²) >= 11 is 1.76. The third kappa shape index (κ3) is 4.97. The number of rotatable bonds is 6. The van der Waals surface area contributed by atoms with Crippen LogP contribution in [0.5, 0.6) is 0 Å². The molecular weight excluding hydrogens is 392 g/mol. The maximum Gasteiger partial charge on any atom is 0.224 e. The Morgan fingerprint density at radius 1 is 1.20 bits per heavy atom. The van der Waals surface area contributed by atoms with E-state index in [2.05, 4.69) is 48.0 Å². The SMILES string of the molecule is Cc1cc(C)c2nc(N3CCC[C@H](C(=O)NCCCN4CCCC[C@@H]4C)C3)sc2c1.